The lowest BCUT2D eigenvalue weighted by Gasteiger charge is -2.56. The Bertz CT molecular complexity index is 2490. The van der Waals surface area contributed by atoms with Crippen LogP contribution in [0.15, 0.2) is 0 Å². The summed E-state index contributed by atoms with van der Waals surface area (Å²) in [6.45, 7) is 38.9. The van der Waals surface area contributed by atoms with Gasteiger partial charge in [0.1, 0.15) is 5.67 Å². The molecule has 20 fully saturated rings. The van der Waals surface area contributed by atoms with Crippen molar-refractivity contribution in [3.63, 3.8) is 0 Å². The fraction of sp³-hybridized carbons (Fsp3) is 1.00. The third-order valence-electron chi connectivity index (χ3n) is 40.2. The van der Waals surface area contributed by atoms with Crippen LogP contribution in [-0.4, -0.2) is 37.8 Å². The van der Waals surface area contributed by atoms with Crippen LogP contribution in [0.1, 0.15) is 676 Å². The second kappa shape index (κ2) is 63.6. The topological polar surface area (TPSA) is 60.7 Å². The number of alkyl halides is 1. The lowest BCUT2D eigenvalue weighted by atomic mass is 9.49. The molecule has 20 aliphatic carbocycles. The van der Waals surface area contributed by atoms with E-state index in [9.17, 15) is 19.7 Å². The van der Waals surface area contributed by atoms with Crippen molar-refractivity contribution in [1.82, 2.24) is 0 Å². The minimum atomic E-state index is -0.780. The molecule has 0 aromatic rings. The largest absolute Gasteiger partial charge is 0.390 e. The first-order chi connectivity index (χ1) is 61.9. The molecule has 3 N–H and O–H groups in total. The highest BCUT2D eigenvalue weighted by Gasteiger charge is 2.51. The summed E-state index contributed by atoms with van der Waals surface area (Å²) in [4.78, 5) is 0. The molecule has 0 amide bonds. The first-order valence-electron chi connectivity index (χ1n) is 60.8. The van der Waals surface area contributed by atoms with Crippen molar-refractivity contribution in [2.45, 2.75) is 699 Å². The summed E-state index contributed by atoms with van der Waals surface area (Å²) in [7, 11) is 0. The minimum Gasteiger partial charge on any atom is -0.390 e. The minimum absolute atomic E-state index is 0.280. The Morgan fingerprint density at radius 3 is 0.721 bits per heavy atom. The molecule has 4 bridgehead atoms. The van der Waals surface area contributed by atoms with E-state index in [0.717, 1.165) is 176 Å². The van der Waals surface area contributed by atoms with E-state index in [1.54, 1.807) is 38.5 Å². The zero-order valence-electron chi connectivity index (χ0n) is 91.6. The number of rotatable bonds is 16. The van der Waals surface area contributed by atoms with Gasteiger partial charge in [-0.05, 0) is 309 Å². The molecule has 1 atom stereocenters. The van der Waals surface area contributed by atoms with Crippen LogP contribution in [0, 0.1) is 97.6 Å². The van der Waals surface area contributed by atoms with E-state index in [0.29, 0.717) is 11.8 Å². The monoisotopic (exact) mass is 1810 g/mol. The summed E-state index contributed by atoms with van der Waals surface area (Å²) in [5.41, 5.74) is 2.71. The van der Waals surface area contributed by atoms with Crippen molar-refractivity contribution in [2.24, 2.45) is 97.6 Å². The predicted molar refractivity (Wildman–Crippen MR) is 570 cm³/mol. The van der Waals surface area contributed by atoms with Crippen molar-refractivity contribution in [1.29, 1.82) is 0 Å². The average Bonchev–Trinajstić information content (AvgIpc) is 1.74. The van der Waals surface area contributed by atoms with Gasteiger partial charge in [0.25, 0.3) is 0 Å². The number of hydrogen-bond donors (Lipinski definition) is 3. The van der Waals surface area contributed by atoms with Crippen molar-refractivity contribution in [3.8, 4) is 0 Å². The van der Waals surface area contributed by atoms with E-state index in [2.05, 4.69) is 111 Å². The third-order valence-corrected chi connectivity index (χ3v) is 40.2. The molecule has 1 unspecified atom stereocenters. The average molecular weight is 1810 g/mol. The molecule has 0 aromatic carbocycles. The van der Waals surface area contributed by atoms with Crippen LogP contribution in [-0.2, 0) is 0 Å². The lowest BCUT2D eigenvalue weighted by Crippen LogP contribution is -2.45. The van der Waals surface area contributed by atoms with E-state index < -0.39 is 5.67 Å². The fourth-order valence-electron chi connectivity index (χ4n) is 28.8. The third kappa shape index (κ3) is 47.8. The molecule has 20 aliphatic rings. The quantitative estimate of drug-likeness (QED) is 0.135. The van der Waals surface area contributed by atoms with Crippen molar-refractivity contribution < 1.29 is 19.7 Å². The van der Waals surface area contributed by atoms with Gasteiger partial charge in [-0.3, -0.25) is 0 Å². The van der Waals surface area contributed by atoms with E-state index in [1.165, 1.54) is 430 Å². The van der Waals surface area contributed by atoms with Crippen LogP contribution in [0.3, 0.4) is 0 Å². The number of aliphatic hydroxyl groups is 3. The van der Waals surface area contributed by atoms with Crippen molar-refractivity contribution >= 4 is 0 Å². The van der Waals surface area contributed by atoms with Crippen LogP contribution in [0.4, 0.5) is 4.39 Å². The first kappa shape index (κ1) is 118. The highest BCUT2D eigenvalue weighted by atomic mass is 19.1. The molecular weight excluding hydrogens is 1570 g/mol. The summed E-state index contributed by atoms with van der Waals surface area (Å²) in [5.74, 6) is 12.3. The lowest BCUT2D eigenvalue weighted by molar-refractivity contribution is -0.0545. The molecule has 0 aliphatic heterocycles. The first-order valence-corrected chi connectivity index (χ1v) is 60.8. The molecule has 764 valence electrons. The van der Waals surface area contributed by atoms with Crippen LogP contribution in [0.2, 0.25) is 0 Å². The highest BCUT2D eigenvalue weighted by molar-refractivity contribution is 5.02. The van der Waals surface area contributed by atoms with Crippen LogP contribution < -0.4 is 0 Å². The maximum atomic E-state index is 13.3. The maximum Gasteiger partial charge on any atom is 0.110 e. The molecular formula is C125H239FO3. The van der Waals surface area contributed by atoms with Crippen LogP contribution >= 0.6 is 0 Å². The van der Waals surface area contributed by atoms with Gasteiger partial charge >= 0.3 is 0 Å². The number of hydrogen-bond acceptors (Lipinski definition) is 3. The number of halogens is 1. The zero-order valence-corrected chi connectivity index (χ0v) is 91.6. The van der Waals surface area contributed by atoms with Gasteiger partial charge in [-0.2, -0.15) is 0 Å². The van der Waals surface area contributed by atoms with Crippen LogP contribution in [0.25, 0.3) is 0 Å². The Hall–Kier alpha value is -0.190. The van der Waals surface area contributed by atoms with Crippen molar-refractivity contribution in [3.05, 3.63) is 0 Å². The molecule has 0 radical (unpaired) electrons. The molecule has 20 saturated carbocycles. The summed E-state index contributed by atoms with van der Waals surface area (Å²) in [6.07, 6.45) is 121. The summed E-state index contributed by atoms with van der Waals surface area (Å²) in [6, 6.07) is 0. The summed E-state index contributed by atoms with van der Waals surface area (Å²) in [5, 5.41) is 29.6. The van der Waals surface area contributed by atoms with E-state index in [-0.39, 0.29) is 16.8 Å². The van der Waals surface area contributed by atoms with Gasteiger partial charge in [-0.1, -0.05) is 464 Å². The Morgan fingerprint density at radius 1 is 0.233 bits per heavy atom. The van der Waals surface area contributed by atoms with Crippen LogP contribution in [0.5, 0.6) is 0 Å². The molecule has 3 nitrogen and oxygen atoms in total. The van der Waals surface area contributed by atoms with Gasteiger partial charge in [0.05, 0.1) is 16.8 Å². The van der Waals surface area contributed by atoms with Gasteiger partial charge < -0.3 is 15.3 Å². The molecule has 0 heterocycles. The maximum absolute atomic E-state index is 13.3. The Balaban J connectivity index is 0.000000215. The zero-order chi connectivity index (χ0) is 93.9. The van der Waals surface area contributed by atoms with Gasteiger partial charge in [-0.15, -0.1) is 0 Å². The predicted octanol–water partition coefficient (Wildman–Crippen LogP) is 41.9. The SMILES string of the molecule is CC1(C2CCCC2)CC1.CC1(C2CCCC2)CC1.CC1(C2CCCCC2)CC1.CCC1(C)CCCCC1.CCC1(F)CCCCC1.CCC1(O)CCCC(C)(C)C1.CCC1(O)CCCCC1.CCC1(O)CCCCCC1.CCC12CC3CC(CC(C3)C1)C2.CCC1CCCC1.CCC1CCCCC1.CCC1CCCCCC1.CCCC1CCCC1.CCCC1CCCCC1. The van der Waals surface area contributed by atoms with E-state index in [4.69, 9.17) is 0 Å². The Labute approximate surface area is 811 Å². The fourth-order valence-corrected chi connectivity index (χ4v) is 28.8. The second-order valence-corrected chi connectivity index (χ2v) is 51.7. The van der Waals surface area contributed by atoms with Gasteiger partial charge in [0.2, 0.25) is 0 Å². The summed E-state index contributed by atoms with van der Waals surface area (Å²) >= 11 is 0. The molecule has 0 aromatic heterocycles. The highest BCUT2D eigenvalue weighted by Crippen LogP contribution is 2.62. The van der Waals surface area contributed by atoms with E-state index >= 15 is 0 Å². The summed E-state index contributed by atoms with van der Waals surface area (Å²) < 4.78 is 13.3. The molecule has 0 saturated heterocycles. The van der Waals surface area contributed by atoms with Gasteiger partial charge in [-0.25, -0.2) is 4.39 Å². The van der Waals surface area contributed by atoms with Gasteiger partial charge in [0.15, 0.2) is 0 Å². The molecule has 4 heteroatoms. The van der Waals surface area contributed by atoms with E-state index in [1.807, 2.05) is 6.92 Å². The molecule has 129 heavy (non-hydrogen) atoms. The Morgan fingerprint density at radius 2 is 0.481 bits per heavy atom. The normalized spacial score (nSPS) is 30.3. The second-order valence-electron chi connectivity index (χ2n) is 51.7. The van der Waals surface area contributed by atoms with Crippen molar-refractivity contribution in [2.75, 3.05) is 0 Å². The molecule has 0 spiro atoms. The molecule has 20 rings (SSSR count). The Kier molecular flexibility index (Phi) is 57.9. The smallest absolute Gasteiger partial charge is 0.110 e. The van der Waals surface area contributed by atoms with Gasteiger partial charge in [0, 0.05) is 0 Å². The standard InChI is InChI=1S/C12H20.C10H20O.C10H18.C9H18O.2C9H16.3C9H18.C8H15F.C8H16O.2C8H16.C7H14/c1-2-12-6-9-3-10(7-12)5-11(4-9)8-12;1-4-10(11)7-5-6-9(2,3)8-10;1-10(7-8-10)9-5-3-2-4-6-9;1-2-9(10)7-5-3-4-6-8-9;2*1-9(6-7-9)8-4-2-3-5-8;1-3-9(2)7-5-4-6-8-9;1-2-9-7-5-3-4-6-8-9;1-2-6-9-7-4-3-5-8-9;2*1-2-8(9)6-4-3-5-7-8;1-2-8-6-4-3-5-7-8;1-2-5-8-6-3-4-7-8;1-2-7-5-3-4-6-7/h9-11H,2-8H2,1H3;11H,4-8H2,1-3H3;9H,2-8H2,1H3;10H,2-8H2,1H3;2*8H,2-7H2,1H3;3-8H2,1-2H3;2*9H,2-8H2,1H3;2-7H2,1H3;9H,2-7H2,1H3;2*8H,2-7H2,1H3;7H,2-6H2,1H3.